The number of primary amides is 1. The van der Waals surface area contributed by atoms with Gasteiger partial charge in [0.1, 0.15) is 23.1 Å². The van der Waals surface area contributed by atoms with E-state index in [1.54, 1.807) is 6.26 Å². The Balaban J connectivity index is 1.54. The zero-order valence-electron chi connectivity index (χ0n) is 17.0. The molecule has 0 atom stereocenters. The summed E-state index contributed by atoms with van der Waals surface area (Å²) in [4.78, 5) is 11.1. The van der Waals surface area contributed by atoms with E-state index >= 15 is 0 Å². The second kappa shape index (κ2) is 11.3. The number of hydrogen-bond acceptors (Lipinski definition) is 7. The van der Waals surface area contributed by atoms with Crippen LogP contribution in [0.4, 0.5) is 0 Å². The standard InChI is InChI=1S/C21H26N4O4S/c1-2-11-27-16-5-7-17(8-6-16)29-13-14-30-21-24-23-20(10-9-19(22)26)25(21)15-18-4-3-12-28-18/h3-8,12H,2,9-11,13-15H2,1H3,(H2,22,26). The maximum atomic E-state index is 11.1. The summed E-state index contributed by atoms with van der Waals surface area (Å²) in [5.74, 6) is 3.46. The lowest BCUT2D eigenvalue weighted by Gasteiger charge is -2.10. The van der Waals surface area contributed by atoms with Crippen LogP contribution in [0.3, 0.4) is 0 Å². The topological polar surface area (TPSA) is 105 Å². The lowest BCUT2D eigenvalue weighted by molar-refractivity contribution is -0.118. The molecule has 0 radical (unpaired) electrons. The van der Waals surface area contributed by atoms with E-state index in [0.29, 0.717) is 37.8 Å². The number of furan rings is 1. The van der Waals surface area contributed by atoms with Crippen molar-refractivity contribution in [1.29, 1.82) is 0 Å². The molecular weight excluding hydrogens is 404 g/mol. The molecule has 0 bridgehead atoms. The Morgan fingerprint density at radius 2 is 1.87 bits per heavy atom. The summed E-state index contributed by atoms with van der Waals surface area (Å²) in [6.07, 6.45) is 3.26. The fourth-order valence-electron chi connectivity index (χ4n) is 2.71. The Hall–Kier alpha value is -2.94. The number of thioether (sulfide) groups is 1. The molecule has 2 heterocycles. The molecule has 1 aromatic carbocycles. The predicted octanol–water partition coefficient (Wildman–Crippen LogP) is 3.30. The average molecular weight is 431 g/mol. The number of aryl methyl sites for hydroxylation is 1. The number of aromatic nitrogens is 3. The number of amides is 1. The molecular formula is C21H26N4O4S. The zero-order valence-corrected chi connectivity index (χ0v) is 17.8. The van der Waals surface area contributed by atoms with Crippen molar-refractivity contribution < 1.29 is 18.7 Å². The van der Waals surface area contributed by atoms with Crippen LogP contribution >= 0.6 is 11.8 Å². The SMILES string of the molecule is CCCOc1ccc(OCCSc2nnc(CCC(N)=O)n2Cc2ccco2)cc1. The van der Waals surface area contributed by atoms with E-state index in [2.05, 4.69) is 17.1 Å². The number of benzene rings is 1. The molecule has 9 heteroatoms. The molecule has 30 heavy (non-hydrogen) atoms. The largest absolute Gasteiger partial charge is 0.494 e. The summed E-state index contributed by atoms with van der Waals surface area (Å²) >= 11 is 1.54. The van der Waals surface area contributed by atoms with E-state index in [-0.39, 0.29) is 12.3 Å². The van der Waals surface area contributed by atoms with E-state index in [9.17, 15) is 4.79 Å². The number of nitrogens with zero attached hydrogens (tertiary/aromatic N) is 3. The fraction of sp³-hybridized carbons (Fsp3) is 0.381. The summed E-state index contributed by atoms with van der Waals surface area (Å²) in [7, 11) is 0. The van der Waals surface area contributed by atoms with Gasteiger partial charge in [0, 0.05) is 18.6 Å². The van der Waals surface area contributed by atoms with Gasteiger partial charge in [0.25, 0.3) is 0 Å². The van der Waals surface area contributed by atoms with Gasteiger partial charge < -0.3 is 19.6 Å². The smallest absolute Gasteiger partial charge is 0.217 e. The molecule has 2 N–H and O–H groups in total. The van der Waals surface area contributed by atoms with Crippen LogP contribution in [0.1, 0.15) is 31.4 Å². The van der Waals surface area contributed by atoms with Crippen molar-refractivity contribution >= 4 is 17.7 Å². The minimum absolute atomic E-state index is 0.224. The zero-order chi connectivity index (χ0) is 21.2. The van der Waals surface area contributed by atoms with Crippen molar-refractivity contribution in [3.05, 3.63) is 54.2 Å². The van der Waals surface area contributed by atoms with Crippen LogP contribution in [0.25, 0.3) is 0 Å². The first-order valence-corrected chi connectivity index (χ1v) is 10.9. The average Bonchev–Trinajstić information content (AvgIpc) is 3.39. The Labute approximate surface area is 179 Å². The second-order valence-electron chi connectivity index (χ2n) is 6.55. The van der Waals surface area contributed by atoms with Gasteiger partial charge in [-0.15, -0.1) is 10.2 Å². The summed E-state index contributed by atoms with van der Waals surface area (Å²) in [6, 6.07) is 11.3. The summed E-state index contributed by atoms with van der Waals surface area (Å²) in [5.41, 5.74) is 5.28. The molecule has 0 aliphatic carbocycles. The fourth-order valence-corrected chi connectivity index (χ4v) is 3.48. The molecule has 0 unspecified atom stereocenters. The monoisotopic (exact) mass is 430 g/mol. The van der Waals surface area contributed by atoms with Crippen molar-refractivity contribution in [1.82, 2.24) is 14.8 Å². The summed E-state index contributed by atoms with van der Waals surface area (Å²) in [6.45, 7) is 3.79. The van der Waals surface area contributed by atoms with Gasteiger partial charge in [0.15, 0.2) is 5.16 Å². The highest BCUT2D eigenvalue weighted by atomic mass is 32.2. The van der Waals surface area contributed by atoms with Crippen molar-refractivity contribution in [2.75, 3.05) is 19.0 Å². The number of rotatable bonds is 13. The van der Waals surface area contributed by atoms with E-state index in [0.717, 1.165) is 28.8 Å². The molecule has 3 aromatic rings. The Bertz CT molecular complexity index is 910. The number of ether oxygens (including phenoxy) is 2. The third kappa shape index (κ3) is 6.55. The molecule has 160 valence electrons. The Morgan fingerprint density at radius 1 is 1.13 bits per heavy atom. The van der Waals surface area contributed by atoms with Crippen LogP contribution in [0.5, 0.6) is 11.5 Å². The van der Waals surface area contributed by atoms with Crippen molar-refractivity contribution in [3.63, 3.8) is 0 Å². The summed E-state index contributed by atoms with van der Waals surface area (Å²) < 4.78 is 18.8. The first kappa shape index (κ1) is 21.8. The number of hydrogen-bond donors (Lipinski definition) is 1. The highest BCUT2D eigenvalue weighted by Crippen LogP contribution is 2.21. The summed E-state index contributed by atoms with van der Waals surface area (Å²) in [5, 5.41) is 9.24. The normalized spacial score (nSPS) is 10.8. The molecule has 0 fully saturated rings. The van der Waals surface area contributed by atoms with Crippen LogP contribution in [0.2, 0.25) is 0 Å². The van der Waals surface area contributed by atoms with Crippen LogP contribution in [0.15, 0.2) is 52.2 Å². The quantitative estimate of drug-likeness (QED) is 0.328. The number of carbonyl (C=O) groups excluding carboxylic acids is 1. The highest BCUT2D eigenvalue weighted by molar-refractivity contribution is 7.99. The van der Waals surface area contributed by atoms with E-state index < -0.39 is 0 Å². The minimum Gasteiger partial charge on any atom is -0.494 e. The molecule has 0 aliphatic rings. The molecule has 0 saturated carbocycles. The van der Waals surface area contributed by atoms with Gasteiger partial charge in [-0.05, 0) is 42.8 Å². The van der Waals surface area contributed by atoms with Crippen molar-refractivity contribution in [3.8, 4) is 11.5 Å². The van der Waals surface area contributed by atoms with Crippen LogP contribution in [-0.2, 0) is 17.8 Å². The Morgan fingerprint density at radius 3 is 2.50 bits per heavy atom. The molecule has 0 spiro atoms. The molecule has 0 aliphatic heterocycles. The van der Waals surface area contributed by atoms with Gasteiger partial charge in [-0.2, -0.15) is 0 Å². The lowest BCUT2D eigenvalue weighted by Crippen LogP contribution is -2.14. The predicted molar refractivity (Wildman–Crippen MR) is 114 cm³/mol. The van der Waals surface area contributed by atoms with Gasteiger partial charge in [-0.3, -0.25) is 9.36 Å². The molecule has 2 aromatic heterocycles. The molecule has 8 nitrogen and oxygen atoms in total. The molecule has 3 rings (SSSR count). The molecule has 0 saturated heterocycles. The van der Waals surface area contributed by atoms with Crippen molar-refractivity contribution in [2.24, 2.45) is 5.73 Å². The number of carbonyl (C=O) groups is 1. The van der Waals surface area contributed by atoms with Gasteiger partial charge in [-0.25, -0.2) is 0 Å². The first-order chi connectivity index (χ1) is 14.7. The third-order valence-electron chi connectivity index (χ3n) is 4.16. The second-order valence-corrected chi connectivity index (χ2v) is 7.61. The lowest BCUT2D eigenvalue weighted by atomic mass is 10.3. The molecule has 1 amide bonds. The van der Waals surface area contributed by atoms with Gasteiger partial charge in [0.05, 0.1) is 26.0 Å². The maximum absolute atomic E-state index is 11.1. The van der Waals surface area contributed by atoms with Crippen LogP contribution in [0, 0.1) is 0 Å². The van der Waals surface area contributed by atoms with Crippen LogP contribution < -0.4 is 15.2 Å². The minimum atomic E-state index is -0.365. The van der Waals surface area contributed by atoms with Gasteiger partial charge in [0.2, 0.25) is 5.91 Å². The van der Waals surface area contributed by atoms with E-state index in [1.807, 2.05) is 41.0 Å². The van der Waals surface area contributed by atoms with E-state index in [1.165, 1.54) is 11.8 Å². The first-order valence-electron chi connectivity index (χ1n) is 9.87. The number of nitrogens with two attached hydrogens (primary N) is 1. The van der Waals surface area contributed by atoms with E-state index in [4.69, 9.17) is 19.6 Å². The third-order valence-corrected chi connectivity index (χ3v) is 5.09. The van der Waals surface area contributed by atoms with Crippen molar-refractivity contribution in [2.45, 2.75) is 37.9 Å². The Kier molecular flexibility index (Phi) is 8.20. The van der Waals surface area contributed by atoms with Gasteiger partial charge >= 0.3 is 0 Å². The maximum Gasteiger partial charge on any atom is 0.217 e. The van der Waals surface area contributed by atoms with Crippen LogP contribution in [-0.4, -0.2) is 39.6 Å². The van der Waals surface area contributed by atoms with Gasteiger partial charge in [-0.1, -0.05) is 18.7 Å². The highest BCUT2D eigenvalue weighted by Gasteiger charge is 2.15.